The molecule has 0 bridgehead atoms. The van der Waals surface area contributed by atoms with Crippen LogP contribution in [0.4, 0.5) is 0 Å². The molecule has 0 unspecified atom stereocenters. The summed E-state index contributed by atoms with van der Waals surface area (Å²) in [6.45, 7) is 0. The molecule has 1 heterocycles. The molecule has 0 fully saturated rings. The summed E-state index contributed by atoms with van der Waals surface area (Å²) in [5, 5.41) is 1.09. The molecule has 23 heavy (non-hydrogen) atoms. The molecule has 0 amide bonds. The predicted octanol–water partition coefficient (Wildman–Crippen LogP) is 3.51. The summed E-state index contributed by atoms with van der Waals surface area (Å²) in [5.41, 5.74) is 0.558. The molecule has 4 nitrogen and oxygen atoms in total. The fourth-order valence-corrected chi connectivity index (χ4v) is 3.35. The first kappa shape index (κ1) is 15.2. The van der Waals surface area contributed by atoms with Crippen molar-refractivity contribution in [3.8, 4) is 11.5 Å². The number of hydrogen-bond acceptors (Lipinski definition) is 5. The number of carbonyl (C=O) groups excluding carboxylic acids is 1. The molecule has 3 rings (SSSR count). The average molecular weight is 326 g/mol. The van der Waals surface area contributed by atoms with E-state index in [9.17, 15) is 9.59 Å². The van der Waals surface area contributed by atoms with Gasteiger partial charge in [-0.3, -0.25) is 9.59 Å². The van der Waals surface area contributed by atoms with Crippen LogP contribution < -0.4 is 14.2 Å². The monoisotopic (exact) mass is 326 g/mol. The Morgan fingerprint density at radius 1 is 1.00 bits per heavy atom. The highest BCUT2D eigenvalue weighted by molar-refractivity contribution is 7.12. The van der Waals surface area contributed by atoms with E-state index in [2.05, 4.69) is 0 Å². The Kier molecular flexibility index (Phi) is 4.12. The molecule has 0 saturated carbocycles. The first-order chi connectivity index (χ1) is 11.2. The number of methoxy groups -OCH3 is 2. The van der Waals surface area contributed by atoms with Crippen LogP contribution in [0.1, 0.15) is 15.2 Å². The highest BCUT2D eigenvalue weighted by atomic mass is 32.1. The minimum Gasteiger partial charge on any atom is -0.493 e. The van der Waals surface area contributed by atoms with Crippen LogP contribution in [0.5, 0.6) is 11.5 Å². The quantitative estimate of drug-likeness (QED) is 0.689. The largest absolute Gasteiger partial charge is 0.493 e. The third-order valence-electron chi connectivity index (χ3n) is 3.53. The first-order valence-electron chi connectivity index (χ1n) is 6.94. The average Bonchev–Trinajstić information content (AvgIpc) is 2.60. The van der Waals surface area contributed by atoms with Crippen LogP contribution in [0.15, 0.2) is 53.3 Å². The van der Waals surface area contributed by atoms with E-state index in [-0.39, 0.29) is 10.5 Å². The minimum absolute atomic E-state index is 0.163. The number of rotatable bonds is 4. The smallest absolute Gasteiger partial charge is 0.244 e. The second-order valence-corrected chi connectivity index (χ2v) is 5.87. The maximum atomic E-state index is 12.5. The third kappa shape index (κ3) is 2.71. The van der Waals surface area contributed by atoms with Gasteiger partial charge in [0.25, 0.3) is 0 Å². The lowest BCUT2D eigenvalue weighted by molar-refractivity contribution is 0.104. The number of hydrogen-bond donors (Lipinski definition) is 0. The highest BCUT2D eigenvalue weighted by Gasteiger charge is 2.17. The molecule has 2 aromatic carbocycles. The Morgan fingerprint density at radius 3 is 2.39 bits per heavy atom. The summed E-state index contributed by atoms with van der Waals surface area (Å²) >= 11 is 0.918. The van der Waals surface area contributed by atoms with Gasteiger partial charge in [0.05, 0.1) is 24.5 Å². The van der Waals surface area contributed by atoms with Gasteiger partial charge in [-0.25, -0.2) is 0 Å². The molecule has 116 valence electrons. The summed E-state index contributed by atoms with van der Waals surface area (Å²) in [6, 6.07) is 14.1. The lowest BCUT2D eigenvalue weighted by Gasteiger charge is -2.10. The molecule has 0 saturated heterocycles. The Bertz CT molecular complexity index is 929. The molecule has 3 aromatic rings. The standard InChI is InChI=1S/C18H14O4S/c1-21-13-9-8-12-10-14(16(19)11-6-4-3-5-7-11)23-18(20)15(12)17(13)22-2/h3-10H,1-2H3. The molecular weight excluding hydrogens is 312 g/mol. The molecule has 0 atom stereocenters. The second-order valence-electron chi connectivity index (χ2n) is 4.86. The Morgan fingerprint density at radius 2 is 1.74 bits per heavy atom. The van der Waals surface area contributed by atoms with Crippen molar-refractivity contribution >= 4 is 27.9 Å². The van der Waals surface area contributed by atoms with Crippen LogP contribution in [0, 0.1) is 0 Å². The number of carbonyl (C=O) groups is 1. The van der Waals surface area contributed by atoms with E-state index in [1.54, 1.807) is 42.5 Å². The normalized spacial score (nSPS) is 10.5. The third-order valence-corrected chi connectivity index (χ3v) is 4.44. The summed E-state index contributed by atoms with van der Waals surface area (Å²) in [6.07, 6.45) is 0. The van der Waals surface area contributed by atoms with Gasteiger partial charge in [0.1, 0.15) is 0 Å². The lowest BCUT2D eigenvalue weighted by atomic mass is 10.1. The van der Waals surface area contributed by atoms with Crippen LogP contribution in [-0.4, -0.2) is 20.0 Å². The van der Waals surface area contributed by atoms with Crippen molar-refractivity contribution in [3.63, 3.8) is 0 Å². The van der Waals surface area contributed by atoms with Crippen LogP contribution in [-0.2, 0) is 0 Å². The summed E-state index contributed by atoms with van der Waals surface area (Å²) in [7, 11) is 3.01. The molecule has 0 aliphatic heterocycles. The summed E-state index contributed by atoms with van der Waals surface area (Å²) < 4.78 is 10.3. The van der Waals surface area contributed by atoms with E-state index < -0.39 is 0 Å². The molecule has 0 radical (unpaired) electrons. The van der Waals surface area contributed by atoms with E-state index in [4.69, 9.17) is 9.47 Å². The van der Waals surface area contributed by atoms with Gasteiger partial charge in [0, 0.05) is 5.56 Å². The van der Waals surface area contributed by atoms with Crippen LogP contribution in [0.25, 0.3) is 10.8 Å². The fourth-order valence-electron chi connectivity index (χ4n) is 2.44. The Balaban J connectivity index is 2.20. The topological polar surface area (TPSA) is 52.6 Å². The lowest BCUT2D eigenvalue weighted by Crippen LogP contribution is -2.06. The van der Waals surface area contributed by atoms with Gasteiger partial charge in [-0.15, -0.1) is 0 Å². The van der Waals surface area contributed by atoms with Gasteiger partial charge in [-0.1, -0.05) is 47.7 Å². The maximum Gasteiger partial charge on any atom is 0.244 e. The molecular formula is C18H14O4S. The molecule has 0 aliphatic carbocycles. The first-order valence-corrected chi connectivity index (χ1v) is 7.76. The summed E-state index contributed by atoms with van der Waals surface area (Å²) in [5.74, 6) is 0.723. The van der Waals surface area contributed by atoms with Gasteiger partial charge in [0.2, 0.25) is 10.5 Å². The zero-order valence-corrected chi connectivity index (χ0v) is 13.5. The maximum absolute atomic E-state index is 12.5. The van der Waals surface area contributed by atoms with Gasteiger partial charge in [-0.05, 0) is 17.5 Å². The number of ketones is 1. The molecule has 0 aliphatic rings. The highest BCUT2D eigenvalue weighted by Crippen LogP contribution is 2.34. The van der Waals surface area contributed by atoms with E-state index in [1.807, 2.05) is 6.07 Å². The van der Waals surface area contributed by atoms with Crippen LogP contribution >= 0.6 is 11.3 Å². The van der Waals surface area contributed by atoms with E-state index >= 15 is 0 Å². The predicted molar refractivity (Wildman–Crippen MR) is 91.1 cm³/mol. The van der Waals surface area contributed by atoms with Gasteiger partial charge in [0.15, 0.2) is 11.5 Å². The second kappa shape index (κ2) is 6.22. The van der Waals surface area contributed by atoms with Crippen molar-refractivity contribution < 1.29 is 14.3 Å². The zero-order chi connectivity index (χ0) is 16.4. The van der Waals surface area contributed by atoms with E-state index in [1.165, 1.54) is 14.2 Å². The van der Waals surface area contributed by atoms with Gasteiger partial charge >= 0.3 is 0 Å². The van der Waals surface area contributed by atoms with E-state index in [0.29, 0.717) is 32.7 Å². The van der Waals surface area contributed by atoms with Crippen molar-refractivity contribution in [2.24, 2.45) is 0 Å². The molecule has 5 heteroatoms. The summed E-state index contributed by atoms with van der Waals surface area (Å²) in [4.78, 5) is 25.5. The van der Waals surface area contributed by atoms with Crippen molar-refractivity contribution in [2.75, 3.05) is 14.2 Å². The van der Waals surface area contributed by atoms with Gasteiger partial charge in [-0.2, -0.15) is 0 Å². The van der Waals surface area contributed by atoms with Crippen molar-refractivity contribution in [3.05, 3.63) is 68.5 Å². The molecule has 1 aromatic heterocycles. The Hall–Kier alpha value is -2.66. The fraction of sp³-hybridized carbons (Fsp3) is 0.111. The van der Waals surface area contributed by atoms with Crippen LogP contribution in [0.3, 0.4) is 0 Å². The zero-order valence-electron chi connectivity index (χ0n) is 12.7. The molecule has 0 spiro atoms. The SMILES string of the molecule is COc1ccc2cc(C(=O)c3ccccc3)sc(=O)c2c1OC. The number of ether oxygens (including phenoxy) is 2. The van der Waals surface area contributed by atoms with Crippen molar-refractivity contribution in [2.45, 2.75) is 0 Å². The molecule has 0 N–H and O–H groups in total. The Labute approximate surface area is 136 Å². The van der Waals surface area contributed by atoms with Crippen LogP contribution in [0.2, 0.25) is 0 Å². The van der Waals surface area contributed by atoms with E-state index in [0.717, 1.165) is 11.3 Å². The van der Waals surface area contributed by atoms with Crippen molar-refractivity contribution in [1.29, 1.82) is 0 Å². The number of benzene rings is 2. The number of fused-ring (bicyclic) bond motifs is 1. The van der Waals surface area contributed by atoms with Gasteiger partial charge < -0.3 is 9.47 Å². The minimum atomic E-state index is -0.225. The van der Waals surface area contributed by atoms with Crippen molar-refractivity contribution in [1.82, 2.24) is 0 Å².